The van der Waals surface area contributed by atoms with Gasteiger partial charge in [-0.15, -0.1) is 11.3 Å². The van der Waals surface area contributed by atoms with Crippen molar-refractivity contribution in [2.45, 2.75) is 18.8 Å². The molecule has 76 valence electrons. The molecule has 0 radical (unpaired) electrons. The zero-order valence-electron chi connectivity index (χ0n) is 7.95. The van der Waals surface area contributed by atoms with Gasteiger partial charge in [0.2, 0.25) is 0 Å². The summed E-state index contributed by atoms with van der Waals surface area (Å²) in [6.07, 6.45) is 0.175. The SMILES string of the molecule is Cc1ccsc1C1(CC(=O)O)COC1. The van der Waals surface area contributed by atoms with Crippen LogP contribution in [0.25, 0.3) is 0 Å². The van der Waals surface area contributed by atoms with Gasteiger partial charge >= 0.3 is 5.97 Å². The van der Waals surface area contributed by atoms with E-state index >= 15 is 0 Å². The highest BCUT2D eigenvalue weighted by atomic mass is 32.1. The lowest BCUT2D eigenvalue weighted by Crippen LogP contribution is -2.48. The molecular formula is C10H12O3S. The molecule has 1 aliphatic rings. The Kier molecular flexibility index (Phi) is 2.33. The van der Waals surface area contributed by atoms with Gasteiger partial charge in [-0.05, 0) is 23.9 Å². The van der Waals surface area contributed by atoms with E-state index in [9.17, 15) is 4.79 Å². The fourth-order valence-electron chi connectivity index (χ4n) is 1.87. The Morgan fingerprint density at radius 3 is 2.79 bits per heavy atom. The molecule has 3 nitrogen and oxygen atoms in total. The number of carboxylic acid groups (broad SMARTS) is 1. The van der Waals surface area contributed by atoms with Crippen LogP contribution in [0.4, 0.5) is 0 Å². The van der Waals surface area contributed by atoms with E-state index in [1.807, 2.05) is 18.4 Å². The van der Waals surface area contributed by atoms with Gasteiger partial charge in [-0.2, -0.15) is 0 Å². The topological polar surface area (TPSA) is 46.5 Å². The molecule has 0 amide bonds. The molecule has 0 bridgehead atoms. The molecule has 2 rings (SSSR count). The highest BCUT2D eigenvalue weighted by Gasteiger charge is 2.44. The zero-order chi connectivity index (χ0) is 10.2. The van der Waals surface area contributed by atoms with Crippen LogP contribution in [-0.4, -0.2) is 24.3 Å². The van der Waals surface area contributed by atoms with Crippen molar-refractivity contribution in [3.63, 3.8) is 0 Å². The first-order valence-corrected chi connectivity index (χ1v) is 5.36. The highest BCUT2D eigenvalue weighted by Crippen LogP contribution is 2.40. The number of aryl methyl sites for hydroxylation is 1. The summed E-state index contributed by atoms with van der Waals surface area (Å²) in [5.74, 6) is -0.749. The van der Waals surface area contributed by atoms with Crippen molar-refractivity contribution in [3.8, 4) is 0 Å². The Balaban J connectivity index is 2.29. The van der Waals surface area contributed by atoms with E-state index in [1.54, 1.807) is 11.3 Å². The first-order valence-electron chi connectivity index (χ1n) is 4.48. The Bertz CT molecular complexity index is 352. The van der Waals surface area contributed by atoms with Crippen molar-refractivity contribution < 1.29 is 14.6 Å². The molecule has 14 heavy (non-hydrogen) atoms. The Morgan fingerprint density at radius 2 is 2.43 bits per heavy atom. The molecule has 0 spiro atoms. The fourth-order valence-corrected chi connectivity index (χ4v) is 2.97. The average molecular weight is 212 g/mol. The Hall–Kier alpha value is -0.870. The fraction of sp³-hybridized carbons (Fsp3) is 0.500. The van der Waals surface area contributed by atoms with E-state index in [-0.39, 0.29) is 11.8 Å². The van der Waals surface area contributed by atoms with Crippen LogP contribution in [-0.2, 0) is 14.9 Å². The van der Waals surface area contributed by atoms with Crippen LogP contribution in [0, 0.1) is 6.92 Å². The van der Waals surface area contributed by atoms with Crippen LogP contribution in [0.3, 0.4) is 0 Å². The van der Waals surface area contributed by atoms with Gasteiger partial charge in [0.25, 0.3) is 0 Å². The quantitative estimate of drug-likeness (QED) is 0.831. The number of rotatable bonds is 3. The molecule has 4 heteroatoms. The molecule has 1 aliphatic heterocycles. The number of aliphatic carboxylic acids is 1. The van der Waals surface area contributed by atoms with Crippen molar-refractivity contribution in [2.24, 2.45) is 0 Å². The second kappa shape index (κ2) is 3.37. The molecule has 0 saturated carbocycles. The smallest absolute Gasteiger partial charge is 0.304 e. The maximum atomic E-state index is 10.8. The Labute approximate surface area is 86.3 Å². The molecule has 0 aromatic carbocycles. The largest absolute Gasteiger partial charge is 0.481 e. The highest BCUT2D eigenvalue weighted by molar-refractivity contribution is 7.10. The van der Waals surface area contributed by atoms with Crippen molar-refractivity contribution in [1.29, 1.82) is 0 Å². The zero-order valence-corrected chi connectivity index (χ0v) is 8.76. The first-order chi connectivity index (χ1) is 6.64. The van der Waals surface area contributed by atoms with E-state index in [2.05, 4.69) is 0 Å². The summed E-state index contributed by atoms with van der Waals surface area (Å²) in [6, 6.07) is 2.03. The lowest BCUT2D eigenvalue weighted by molar-refractivity contribution is -0.145. The number of hydrogen-bond acceptors (Lipinski definition) is 3. The lowest BCUT2D eigenvalue weighted by atomic mass is 9.79. The van der Waals surface area contributed by atoms with Gasteiger partial charge in [-0.1, -0.05) is 0 Å². The summed E-state index contributed by atoms with van der Waals surface area (Å²) in [5.41, 5.74) is 0.934. The van der Waals surface area contributed by atoms with Crippen molar-refractivity contribution >= 4 is 17.3 Å². The number of carboxylic acids is 1. The minimum Gasteiger partial charge on any atom is -0.481 e. The van der Waals surface area contributed by atoms with Crippen LogP contribution in [0.15, 0.2) is 11.4 Å². The van der Waals surface area contributed by atoms with Gasteiger partial charge in [0.1, 0.15) is 0 Å². The maximum absolute atomic E-state index is 10.8. The second-order valence-electron chi connectivity index (χ2n) is 3.78. The molecule has 2 heterocycles. The van der Waals surface area contributed by atoms with Crippen molar-refractivity contribution in [1.82, 2.24) is 0 Å². The summed E-state index contributed by atoms with van der Waals surface area (Å²) in [4.78, 5) is 11.9. The van der Waals surface area contributed by atoms with Crippen LogP contribution in [0.5, 0.6) is 0 Å². The summed E-state index contributed by atoms with van der Waals surface area (Å²) in [7, 11) is 0. The van der Waals surface area contributed by atoms with Crippen molar-refractivity contribution in [2.75, 3.05) is 13.2 Å². The predicted octanol–water partition coefficient (Wildman–Crippen LogP) is 1.80. The van der Waals surface area contributed by atoms with E-state index in [1.165, 1.54) is 10.4 Å². The molecular weight excluding hydrogens is 200 g/mol. The molecule has 1 fully saturated rings. The molecule has 0 unspecified atom stereocenters. The van der Waals surface area contributed by atoms with Gasteiger partial charge in [-0.3, -0.25) is 4.79 Å². The third-order valence-electron chi connectivity index (χ3n) is 2.59. The maximum Gasteiger partial charge on any atom is 0.304 e. The van der Waals surface area contributed by atoms with Crippen LogP contribution >= 0.6 is 11.3 Å². The molecule has 1 aromatic rings. The molecule has 1 aromatic heterocycles. The van der Waals surface area contributed by atoms with E-state index in [0.29, 0.717) is 13.2 Å². The Morgan fingerprint density at radius 1 is 1.71 bits per heavy atom. The molecule has 0 aliphatic carbocycles. The molecule has 0 atom stereocenters. The van der Waals surface area contributed by atoms with Gasteiger partial charge in [0.15, 0.2) is 0 Å². The van der Waals surface area contributed by atoms with E-state index < -0.39 is 5.97 Å². The average Bonchev–Trinajstić information content (AvgIpc) is 2.44. The number of thiophene rings is 1. The summed E-state index contributed by atoms with van der Waals surface area (Å²) >= 11 is 1.63. The third-order valence-corrected chi connectivity index (χ3v) is 3.85. The number of carbonyl (C=O) groups is 1. The minimum atomic E-state index is -0.749. The summed E-state index contributed by atoms with van der Waals surface area (Å²) < 4.78 is 5.16. The third kappa shape index (κ3) is 1.44. The summed E-state index contributed by atoms with van der Waals surface area (Å²) in [5, 5.41) is 10.9. The van der Waals surface area contributed by atoms with Gasteiger partial charge in [-0.25, -0.2) is 0 Å². The van der Waals surface area contributed by atoms with Gasteiger partial charge < -0.3 is 9.84 Å². The van der Waals surface area contributed by atoms with E-state index in [0.717, 1.165) is 0 Å². The van der Waals surface area contributed by atoms with Gasteiger partial charge in [0, 0.05) is 4.88 Å². The minimum absolute atomic E-state index is 0.175. The van der Waals surface area contributed by atoms with Crippen molar-refractivity contribution in [3.05, 3.63) is 21.9 Å². The standard InChI is InChI=1S/C10H12O3S/c1-7-2-3-14-9(7)10(4-8(11)12)5-13-6-10/h2-3H,4-6H2,1H3,(H,11,12). The lowest BCUT2D eigenvalue weighted by Gasteiger charge is -2.40. The molecule has 1 N–H and O–H groups in total. The normalized spacial score (nSPS) is 18.9. The summed E-state index contributed by atoms with van der Waals surface area (Å²) in [6.45, 7) is 3.11. The van der Waals surface area contributed by atoms with Crippen LogP contribution in [0.2, 0.25) is 0 Å². The first kappa shape index (κ1) is 9.68. The van der Waals surface area contributed by atoms with Gasteiger partial charge in [0.05, 0.1) is 25.0 Å². The number of hydrogen-bond donors (Lipinski definition) is 1. The van der Waals surface area contributed by atoms with Crippen LogP contribution in [0.1, 0.15) is 16.9 Å². The van der Waals surface area contributed by atoms with Crippen LogP contribution < -0.4 is 0 Å². The number of ether oxygens (including phenoxy) is 1. The van der Waals surface area contributed by atoms with E-state index in [4.69, 9.17) is 9.84 Å². The predicted molar refractivity (Wildman–Crippen MR) is 53.8 cm³/mol. The monoisotopic (exact) mass is 212 g/mol. The second-order valence-corrected chi connectivity index (χ2v) is 4.69. The molecule has 1 saturated heterocycles.